The number of anilines is 1. The topological polar surface area (TPSA) is 6.25 Å². The lowest BCUT2D eigenvalue weighted by Crippen LogP contribution is -2.35. The minimum absolute atomic E-state index is 0.0438. The van der Waals surface area contributed by atoms with Crippen LogP contribution in [0.4, 0.5) is 5.69 Å². The summed E-state index contributed by atoms with van der Waals surface area (Å²) in [5.74, 6) is 0. The third-order valence-corrected chi connectivity index (χ3v) is 10.7. The molecule has 0 amide bonds. The Morgan fingerprint density at radius 1 is 0.854 bits per heavy atom. The molecule has 0 saturated carbocycles. The van der Waals surface area contributed by atoms with E-state index in [0.717, 1.165) is 45.2 Å². The standard InChI is InChI=1S/C46H59N2/c1-8-10-12-16-22-33-47-35-32-38-25-23-27-39(38)36(3)45(4,5)42(47)28-17-14-13-15-18-29-43-46(6,7)44-40-26-20-19-24-37(40)30-31-41(44)48(43)34-21-11-9-2/h8,13-15,17-18,24-32,35H,1,3,9-12,16,19-23,33-34H2,2,4-7H3/q+1/b35-32-. The Morgan fingerprint density at radius 2 is 1.65 bits per heavy atom. The van der Waals surface area contributed by atoms with E-state index >= 15 is 0 Å². The quantitative estimate of drug-likeness (QED) is 0.0850. The van der Waals surface area contributed by atoms with Crippen LogP contribution in [0.25, 0.3) is 12.2 Å². The average molecular weight is 640 g/mol. The molecule has 2 aliphatic carbocycles. The third-order valence-electron chi connectivity index (χ3n) is 10.7. The lowest BCUT2D eigenvalue weighted by Gasteiger charge is -2.29. The van der Waals surface area contributed by atoms with E-state index in [1.165, 1.54) is 81.9 Å². The maximum absolute atomic E-state index is 4.62. The van der Waals surface area contributed by atoms with Gasteiger partial charge in [-0.05, 0) is 104 Å². The number of hydrogen-bond donors (Lipinski definition) is 0. The molecule has 4 aliphatic rings. The molecule has 0 N–H and O–H groups in total. The molecule has 0 unspecified atom stereocenters. The van der Waals surface area contributed by atoms with Crippen LogP contribution in [-0.4, -0.2) is 23.4 Å². The fourth-order valence-corrected chi connectivity index (χ4v) is 7.84. The van der Waals surface area contributed by atoms with Crippen molar-refractivity contribution < 1.29 is 4.58 Å². The van der Waals surface area contributed by atoms with Gasteiger partial charge in [-0.25, -0.2) is 4.58 Å². The SMILES string of the molecule is C=CCCCCC[N+]1=C(\C=C\C=C\C=C\C=C2/N(CCCCC)c3ccc4c(c3C2(C)C)=CCCC=4)C(C)(C)C(=C)C2=CCC=C2/C=C\1. The molecule has 1 aromatic carbocycles. The second-order valence-electron chi connectivity index (χ2n) is 14.8. The highest BCUT2D eigenvalue weighted by Crippen LogP contribution is 2.46. The molecule has 0 fully saturated rings. The molecule has 48 heavy (non-hydrogen) atoms. The molecule has 2 heterocycles. The minimum atomic E-state index is -0.190. The zero-order valence-corrected chi connectivity index (χ0v) is 30.5. The highest BCUT2D eigenvalue weighted by Gasteiger charge is 2.41. The summed E-state index contributed by atoms with van der Waals surface area (Å²) in [5, 5.41) is 2.86. The van der Waals surface area contributed by atoms with Gasteiger partial charge in [0.05, 0.1) is 5.41 Å². The molecule has 252 valence electrons. The van der Waals surface area contributed by atoms with E-state index in [9.17, 15) is 0 Å². The molecular weight excluding hydrogens is 581 g/mol. The van der Waals surface area contributed by atoms with Crippen molar-refractivity contribution in [2.75, 3.05) is 18.0 Å². The highest BCUT2D eigenvalue weighted by atomic mass is 15.2. The van der Waals surface area contributed by atoms with Crippen molar-refractivity contribution in [1.82, 2.24) is 0 Å². The number of allylic oxidation sites excluding steroid dienone is 15. The van der Waals surface area contributed by atoms with Crippen molar-refractivity contribution >= 4 is 23.6 Å². The Kier molecular flexibility index (Phi) is 11.8. The molecule has 0 aromatic heterocycles. The molecule has 5 rings (SSSR count). The van der Waals surface area contributed by atoms with Crippen molar-refractivity contribution in [3.8, 4) is 0 Å². The van der Waals surface area contributed by atoms with Gasteiger partial charge in [-0.1, -0.05) is 107 Å². The van der Waals surface area contributed by atoms with Crippen molar-refractivity contribution in [2.24, 2.45) is 5.41 Å². The Labute approximate surface area is 291 Å². The number of hydrogen-bond acceptors (Lipinski definition) is 1. The summed E-state index contributed by atoms with van der Waals surface area (Å²) < 4.78 is 2.46. The van der Waals surface area contributed by atoms with Gasteiger partial charge < -0.3 is 4.90 Å². The number of benzene rings is 1. The van der Waals surface area contributed by atoms with E-state index in [0.29, 0.717) is 0 Å². The van der Waals surface area contributed by atoms with Crippen molar-refractivity contribution in [3.63, 3.8) is 0 Å². The Hall–Kier alpha value is -3.91. The lowest BCUT2D eigenvalue weighted by molar-refractivity contribution is -0.460. The van der Waals surface area contributed by atoms with Crippen molar-refractivity contribution in [3.05, 3.63) is 137 Å². The first-order valence-corrected chi connectivity index (χ1v) is 18.6. The fourth-order valence-electron chi connectivity index (χ4n) is 7.84. The first-order valence-electron chi connectivity index (χ1n) is 18.6. The lowest BCUT2D eigenvalue weighted by atomic mass is 9.74. The van der Waals surface area contributed by atoms with Crippen LogP contribution in [0.3, 0.4) is 0 Å². The third kappa shape index (κ3) is 7.54. The summed E-state index contributed by atoms with van der Waals surface area (Å²) >= 11 is 0. The summed E-state index contributed by atoms with van der Waals surface area (Å²) in [5.41, 5.74) is 9.16. The van der Waals surface area contributed by atoms with Gasteiger partial charge in [0.25, 0.3) is 0 Å². The smallest absolute Gasteiger partial charge is 0.191 e. The largest absolute Gasteiger partial charge is 0.344 e. The fraction of sp³-hybridized carbons (Fsp3) is 0.413. The zero-order chi connectivity index (χ0) is 34.1. The molecule has 0 saturated heterocycles. The van der Waals surface area contributed by atoms with Gasteiger partial charge in [-0.2, -0.15) is 0 Å². The summed E-state index contributed by atoms with van der Waals surface area (Å²) in [6, 6.07) is 4.71. The number of fused-ring (bicyclic) bond motifs is 4. The summed E-state index contributed by atoms with van der Waals surface area (Å²) in [7, 11) is 0. The molecule has 0 radical (unpaired) electrons. The Balaban J connectivity index is 1.39. The molecule has 0 spiro atoms. The predicted molar refractivity (Wildman–Crippen MR) is 211 cm³/mol. The summed E-state index contributed by atoms with van der Waals surface area (Å²) in [4.78, 5) is 2.60. The predicted octanol–water partition coefficient (Wildman–Crippen LogP) is 10.4. The molecule has 2 heteroatoms. The second kappa shape index (κ2) is 16.0. The molecule has 2 nitrogen and oxygen atoms in total. The summed E-state index contributed by atoms with van der Waals surface area (Å²) in [6.45, 7) is 22.3. The van der Waals surface area contributed by atoms with Crippen LogP contribution in [-0.2, 0) is 5.41 Å². The first kappa shape index (κ1) is 35.4. The van der Waals surface area contributed by atoms with Gasteiger partial charge in [0.15, 0.2) is 11.9 Å². The van der Waals surface area contributed by atoms with Crippen LogP contribution in [0.15, 0.2) is 121 Å². The van der Waals surface area contributed by atoms with Gasteiger partial charge in [0, 0.05) is 41.9 Å². The van der Waals surface area contributed by atoms with Crippen LogP contribution in [0, 0.1) is 5.41 Å². The minimum Gasteiger partial charge on any atom is -0.344 e. The van der Waals surface area contributed by atoms with Gasteiger partial charge in [-0.3, -0.25) is 0 Å². The highest BCUT2D eigenvalue weighted by molar-refractivity contribution is 5.99. The van der Waals surface area contributed by atoms with Gasteiger partial charge in [0.1, 0.15) is 6.54 Å². The Bertz CT molecular complexity index is 1760. The maximum Gasteiger partial charge on any atom is 0.191 e. The van der Waals surface area contributed by atoms with Gasteiger partial charge in [-0.15, -0.1) is 6.58 Å². The molecule has 0 bridgehead atoms. The van der Waals surface area contributed by atoms with Gasteiger partial charge >= 0.3 is 0 Å². The van der Waals surface area contributed by atoms with E-state index < -0.39 is 0 Å². The average Bonchev–Trinajstić information content (AvgIpc) is 3.63. The number of nitrogens with zero attached hydrogens (tertiary/aromatic N) is 2. The number of rotatable bonds is 14. The summed E-state index contributed by atoms with van der Waals surface area (Å²) in [6.07, 6.45) is 43.4. The Morgan fingerprint density at radius 3 is 2.46 bits per heavy atom. The van der Waals surface area contributed by atoms with Crippen LogP contribution in [0.1, 0.15) is 104 Å². The van der Waals surface area contributed by atoms with Crippen LogP contribution in [0.5, 0.6) is 0 Å². The van der Waals surface area contributed by atoms with E-state index in [-0.39, 0.29) is 10.8 Å². The van der Waals surface area contributed by atoms with Crippen molar-refractivity contribution in [2.45, 2.75) is 104 Å². The zero-order valence-electron chi connectivity index (χ0n) is 30.5. The first-order chi connectivity index (χ1) is 23.2. The van der Waals surface area contributed by atoms with E-state index in [1.807, 2.05) is 6.08 Å². The van der Waals surface area contributed by atoms with E-state index in [1.54, 1.807) is 0 Å². The molecule has 1 aromatic rings. The van der Waals surface area contributed by atoms with Crippen LogP contribution < -0.4 is 15.3 Å². The van der Waals surface area contributed by atoms with E-state index in [2.05, 4.69) is 148 Å². The van der Waals surface area contributed by atoms with Crippen LogP contribution in [0.2, 0.25) is 0 Å². The molecule has 2 aliphatic heterocycles. The normalized spacial score (nSPS) is 22.6. The van der Waals surface area contributed by atoms with E-state index in [4.69, 9.17) is 0 Å². The second-order valence-corrected chi connectivity index (χ2v) is 14.8. The molecule has 0 atom stereocenters. The van der Waals surface area contributed by atoms with Gasteiger partial charge in [0.2, 0.25) is 0 Å². The maximum atomic E-state index is 4.62. The van der Waals surface area contributed by atoms with Crippen molar-refractivity contribution in [1.29, 1.82) is 0 Å². The number of unbranched alkanes of at least 4 members (excludes halogenated alkanes) is 5. The van der Waals surface area contributed by atoms with Crippen LogP contribution >= 0.6 is 0 Å². The molecular formula is C46H59N2+. The monoisotopic (exact) mass is 639 g/mol.